The summed E-state index contributed by atoms with van der Waals surface area (Å²) in [6, 6.07) is 9.01. The number of hydrogen-bond acceptors (Lipinski definition) is 7. The van der Waals surface area contributed by atoms with E-state index in [9.17, 15) is 14.2 Å². The molecule has 0 aromatic heterocycles. The van der Waals surface area contributed by atoms with E-state index in [-0.39, 0.29) is 19.8 Å². The van der Waals surface area contributed by atoms with E-state index < -0.39 is 32.5 Å². The highest BCUT2D eigenvalue weighted by atomic mass is 31.2. The minimum Gasteiger partial charge on any atom is -0.447 e. The molecule has 0 N–H and O–H groups in total. The molecular weight excluding hydrogens is 349 g/mol. The van der Waals surface area contributed by atoms with Gasteiger partial charge in [-0.15, -0.1) is 0 Å². The third-order valence-corrected chi connectivity index (χ3v) is 5.06. The normalized spacial score (nSPS) is 17.6. The molecule has 0 unspecified atom stereocenters. The molecule has 2 amide bonds. The predicted octanol–water partition coefficient (Wildman–Crippen LogP) is 2.77. The summed E-state index contributed by atoms with van der Waals surface area (Å²) in [7, 11) is -3.82. The van der Waals surface area contributed by atoms with Gasteiger partial charge in [0.2, 0.25) is 0 Å². The van der Waals surface area contributed by atoms with Gasteiger partial charge in [-0.25, -0.2) is 14.3 Å². The van der Waals surface area contributed by atoms with E-state index in [4.69, 9.17) is 18.3 Å². The molecule has 0 radical (unpaired) electrons. The minimum atomic E-state index is -3.82. The molecule has 0 bridgehead atoms. The van der Waals surface area contributed by atoms with Crippen molar-refractivity contribution in [3.63, 3.8) is 0 Å². The third-order valence-electron chi connectivity index (χ3n) is 3.46. The van der Waals surface area contributed by atoms with Gasteiger partial charge in [-0.2, -0.15) is 0 Å². The summed E-state index contributed by atoms with van der Waals surface area (Å²) >= 11 is 0. The largest absolute Gasteiger partial charge is 0.475 e. The summed E-state index contributed by atoms with van der Waals surface area (Å²) in [4.78, 5) is 25.3. The third kappa shape index (κ3) is 5.37. The zero-order valence-corrected chi connectivity index (χ0v) is 15.1. The van der Waals surface area contributed by atoms with Crippen molar-refractivity contribution < 1.29 is 32.5 Å². The van der Waals surface area contributed by atoms with E-state index in [1.54, 1.807) is 13.8 Å². The van der Waals surface area contributed by atoms with Crippen LogP contribution in [0, 0.1) is 0 Å². The van der Waals surface area contributed by atoms with Gasteiger partial charge < -0.3 is 4.74 Å². The smallest absolute Gasteiger partial charge is 0.447 e. The van der Waals surface area contributed by atoms with Gasteiger partial charge in [-0.05, 0) is 25.8 Å². The summed E-state index contributed by atoms with van der Waals surface area (Å²) in [5.41, 5.74) is 0.971. The van der Waals surface area contributed by atoms with E-state index >= 15 is 0 Å². The number of amides is 2. The van der Waals surface area contributed by atoms with Gasteiger partial charge in [-0.1, -0.05) is 30.3 Å². The fraction of sp³-hybridized carbons (Fsp3) is 0.500. The Kier molecular flexibility index (Phi) is 7.13. The zero-order valence-electron chi connectivity index (χ0n) is 14.3. The molecule has 1 fully saturated rings. The molecule has 2 rings (SSSR count). The highest BCUT2D eigenvalue weighted by molar-refractivity contribution is 7.48. The highest BCUT2D eigenvalue weighted by Gasteiger charge is 2.39. The summed E-state index contributed by atoms with van der Waals surface area (Å²) in [6.45, 7) is 2.97. The Hall–Kier alpha value is -1.73. The van der Waals surface area contributed by atoms with Crippen LogP contribution in [0.1, 0.15) is 19.4 Å². The second-order valence-corrected chi connectivity index (χ2v) is 6.91. The van der Waals surface area contributed by atoms with Crippen LogP contribution in [0.3, 0.4) is 0 Å². The molecular formula is C16H22NO7P. The number of cyclic esters (lactones) is 1. The zero-order chi connectivity index (χ0) is 18.3. The number of carbonyl (C=O) groups excluding carboxylic acids is 2. The summed E-state index contributed by atoms with van der Waals surface area (Å²) in [5.74, 6) is -0.650. The number of nitrogens with zero attached hydrogens (tertiary/aromatic N) is 1. The van der Waals surface area contributed by atoms with Gasteiger partial charge >= 0.3 is 13.9 Å². The number of carbonyl (C=O) groups is 2. The SMILES string of the molecule is CCOP(=O)(OCC)OCC(=O)N1C(=O)OC[C@@H]1Cc1ccccc1. The Labute approximate surface area is 146 Å². The number of ether oxygens (including phenoxy) is 1. The molecule has 1 aliphatic rings. The van der Waals surface area contributed by atoms with Crippen LogP contribution in [0.15, 0.2) is 30.3 Å². The van der Waals surface area contributed by atoms with Crippen LogP contribution >= 0.6 is 7.82 Å². The molecule has 1 saturated heterocycles. The molecule has 138 valence electrons. The van der Waals surface area contributed by atoms with Crippen LogP contribution in [0.5, 0.6) is 0 Å². The van der Waals surface area contributed by atoms with E-state index in [0.29, 0.717) is 6.42 Å². The lowest BCUT2D eigenvalue weighted by atomic mass is 10.1. The second-order valence-electron chi connectivity index (χ2n) is 5.24. The number of phosphoric ester groups is 1. The van der Waals surface area contributed by atoms with Crippen molar-refractivity contribution >= 4 is 19.8 Å². The lowest BCUT2D eigenvalue weighted by molar-refractivity contribution is -0.132. The fourth-order valence-corrected chi connectivity index (χ4v) is 3.56. The summed E-state index contributed by atoms with van der Waals surface area (Å²) < 4.78 is 32.2. The maximum absolute atomic E-state index is 12.4. The topological polar surface area (TPSA) is 91.4 Å². The first-order valence-electron chi connectivity index (χ1n) is 8.05. The lowest BCUT2D eigenvalue weighted by Crippen LogP contribution is -2.42. The molecule has 0 saturated carbocycles. The lowest BCUT2D eigenvalue weighted by Gasteiger charge is -2.21. The van der Waals surface area contributed by atoms with Gasteiger partial charge in [-0.3, -0.25) is 18.4 Å². The Morgan fingerprint density at radius 2 is 1.84 bits per heavy atom. The van der Waals surface area contributed by atoms with E-state index in [1.165, 1.54) is 0 Å². The van der Waals surface area contributed by atoms with E-state index in [2.05, 4.69) is 0 Å². The highest BCUT2D eigenvalue weighted by Crippen LogP contribution is 2.49. The van der Waals surface area contributed by atoms with Crippen LogP contribution in [0.25, 0.3) is 0 Å². The molecule has 1 atom stereocenters. The number of hydrogen-bond donors (Lipinski definition) is 0. The molecule has 9 heteroatoms. The Bertz CT molecular complexity index is 627. The Balaban J connectivity index is 2.00. The van der Waals surface area contributed by atoms with Crippen molar-refractivity contribution in [2.24, 2.45) is 0 Å². The molecule has 0 spiro atoms. The minimum absolute atomic E-state index is 0.105. The first kappa shape index (κ1) is 19.6. The van der Waals surface area contributed by atoms with Crippen molar-refractivity contribution in [1.29, 1.82) is 0 Å². The van der Waals surface area contributed by atoms with Crippen LogP contribution in [0.4, 0.5) is 4.79 Å². The first-order valence-corrected chi connectivity index (χ1v) is 9.51. The van der Waals surface area contributed by atoms with Gasteiger partial charge in [0, 0.05) is 0 Å². The number of benzene rings is 1. The summed E-state index contributed by atoms with van der Waals surface area (Å²) in [5, 5.41) is 0. The van der Waals surface area contributed by atoms with Crippen LogP contribution in [-0.4, -0.2) is 49.4 Å². The molecule has 1 aromatic carbocycles. The maximum atomic E-state index is 12.4. The van der Waals surface area contributed by atoms with E-state index in [0.717, 1.165) is 10.5 Å². The predicted molar refractivity (Wildman–Crippen MR) is 88.9 cm³/mol. The molecule has 25 heavy (non-hydrogen) atoms. The molecule has 8 nitrogen and oxygen atoms in total. The van der Waals surface area contributed by atoms with Gasteiger partial charge in [0.25, 0.3) is 5.91 Å². The number of rotatable bonds is 9. The number of phosphoric acid groups is 1. The van der Waals surface area contributed by atoms with Gasteiger partial charge in [0.15, 0.2) is 0 Å². The molecule has 1 aromatic rings. The quantitative estimate of drug-likeness (QED) is 0.616. The molecule has 1 heterocycles. The Morgan fingerprint density at radius 3 is 2.44 bits per heavy atom. The van der Waals surface area contributed by atoms with Crippen molar-refractivity contribution in [3.8, 4) is 0 Å². The molecule has 1 aliphatic heterocycles. The fourth-order valence-electron chi connectivity index (χ4n) is 2.43. The average Bonchev–Trinajstić information content (AvgIpc) is 2.95. The van der Waals surface area contributed by atoms with Crippen LogP contribution < -0.4 is 0 Å². The van der Waals surface area contributed by atoms with Gasteiger partial charge in [0.05, 0.1) is 19.3 Å². The molecule has 0 aliphatic carbocycles. The van der Waals surface area contributed by atoms with E-state index in [1.807, 2.05) is 30.3 Å². The summed E-state index contributed by atoms with van der Waals surface area (Å²) in [6.07, 6.45) is -0.274. The van der Waals surface area contributed by atoms with Crippen LogP contribution in [-0.2, 0) is 34.1 Å². The average molecular weight is 371 g/mol. The second kappa shape index (κ2) is 9.10. The van der Waals surface area contributed by atoms with Crippen molar-refractivity contribution in [3.05, 3.63) is 35.9 Å². The van der Waals surface area contributed by atoms with Crippen molar-refractivity contribution in [2.75, 3.05) is 26.4 Å². The monoisotopic (exact) mass is 371 g/mol. The standard InChI is InChI=1S/C16H22NO7P/c1-3-22-25(20,23-4-2)24-12-15(18)17-14(11-21-16(17)19)10-13-8-6-5-7-9-13/h5-9,14H,3-4,10-12H2,1-2H3/t14-/m0/s1. The van der Waals surface area contributed by atoms with Gasteiger partial charge in [0.1, 0.15) is 13.2 Å². The van der Waals surface area contributed by atoms with Crippen LogP contribution in [0.2, 0.25) is 0 Å². The number of imide groups is 1. The first-order chi connectivity index (χ1) is 12.0. The Morgan fingerprint density at radius 1 is 1.20 bits per heavy atom. The van der Waals surface area contributed by atoms with Crippen molar-refractivity contribution in [2.45, 2.75) is 26.3 Å². The maximum Gasteiger partial charge on any atom is 0.475 e. The van der Waals surface area contributed by atoms with Crippen molar-refractivity contribution in [1.82, 2.24) is 4.90 Å².